The molecule has 2 atom stereocenters. The number of para-hydroxylation sites is 1. The van der Waals surface area contributed by atoms with E-state index in [1.165, 1.54) is 0 Å². The SMILES string of the molecule is COc1ccccc1CNC(=O)C1CCC(CN)O1. The Labute approximate surface area is 113 Å². The Bertz CT molecular complexity index is 436. The molecule has 0 saturated carbocycles. The molecule has 1 saturated heterocycles. The normalized spacial score (nSPS) is 22.2. The van der Waals surface area contributed by atoms with Crippen molar-refractivity contribution < 1.29 is 14.3 Å². The summed E-state index contributed by atoms with van der Waals surface area (Å²) in [6.07, 6.45) is 1.23. The van der Waals surface area contributed by atoms with E-state index in [0.717, 1.165) is 24.2 Å². The number of ether oxygens (including phenoxy) is 2. The van der Waals surface area contributed by atoms with Gasteiger partial charge in [0.1, 0.15) is 11.9 Å². The van der Waals surface area contributed by atoms with Crippen molar-refractivity contribution in [3.63, 3.8) is 0 Å². The van der Waals surface area contributed by atoms with Gasteiger partial charge in [0.15, 0.2) is 0 Å². The summed E-state index contributed by atoms with van der Waals surface area (Å²) in [5.74, 6) is 0.692. The van der Waals surface area contributed by atoms with Crippen LogP contribution in [0, 0.1) is 0 Å². The van der Waals surface area contributed by atoms with Crippen LogP contribution in [0.5, 0.6) is 5.75 Å². The van der Waals surface area contributed by atoms with Crippen LogP contribution in [0.1, 0.15) is 18.4 Å². The molecule has 1 aliphatic rings. The maximum Gasteiger partial charge on any atom is 0.249 e. The van der Waals surface area contributed by atoms with E-state index in [4.69, 9.17) is 15.2 Å². The molecule has 19 heavy (non-hydrogen) atoms. The highest BCUT2D eigenvalue weighted by molar-refractivity contribution is 5.81. The number of nitrogens with two attached hydrogens (primary N) is 1. The molecule has 2 unspecified atom stereocenters. The third-order valence-electron chi connectivity index (χ3n) is 3.31. The molecule has 0 aromatic heterocycles. The summed E-state index contributed by atoms with van der Waals surface area (Å²) in [6, 6.07) is 7.62. The van der Waals surface area contributed by atoms with E-state index in [0.29, 0.717) is 13.1 Å². The molecule has 1 amide bonds. The molecule has 2 rings (SSSR count). The minimum Gasteiger partial charge on any atom is -0.496 e. The van der Waals surface area contributed by atoms with Crippen LogP contribution in [-0.4, -0.2) is 31.8 Å². The minimum atomic E-state index is -0.372. The van der Waals surface area contributed by atoms with Crippen molar-refractivity contribution in [1.29, 1.82) is 0 Å². The summed E-state index contributed by atoms with van der Waals surface area (Å²) >= 11 is 0. The first-order valence-corrected chi connectivity index (χ1v) is 6.49. The highest BCUT2D eigenvalue weighted by Gasteiger charge is 2.29. The number of amides is 1. The molecule has 5 heteroatoms. The first-order chi connectivity index (χ1) is 9.24. The summed E-state index contributed by atoms with van der Waals surface area (Å²) in [5, 5.41) is 2.88. The zero-order valence-electron chi connectivity index (χ0n) is 11.1. The number of hydrogen-bond acceptors (Lipinski definition) is 4. The second kappa shape index (κ2) is 6.54. The van der Waals surface area contributed by atoms with Gasteiger partial charge in [0.05, 0.1) is 13.2 Å². The van der Waals surface area contributed by atoms with Crippen molar-refractivity contribution in [3.05, 3.63) is 29.8 Å². The lowest BCUT2D eigenvalue weighted by Gasteiger charge is -2.14. The first-order valence-electron chi connectivity index (χ1n) is 6.49. The summed E-state index contributed by atoms with van der Waals surface area (Å²) in [5.41, 5.74) is 6.48. The van der Waals surface area contributed by atoms with Gasteiger partial charge in [-0.25, -0.2) is 0 Å². The number of nitrogens with one attached hydrogen (secondary N) is 1. The average molecular weight is 264 g/mol. The quantitative estimate of drug-likeness (QED) is 0.825. The van der Waals surface area contributed by atoms with Crippen molar-refractivity contribution in [2.24, 2.45) is 5.73 Å². The first kappa shape index (κ1) is 13.8. The molecule has 1 aromatic rings. The molecule has 0 radical (unpaired) electrons. The predicted molar refractivity (Wildman–Crippen MR) is 71.8 cm³/mol. The summed E-state index contributed by atoms with van der Waals surface area (Å²) in [6.45, 7) is 0.909. The molecule has 104 valence electrons. The van der Waals surface area contributed by atoms with Crippen molar-refractivity contribution in [1.82, 2.24) is 5.32 Å². The largest absolute Gasteiger partial charge is 0.496 e. The Balaban J connectivity index is 1.87. The van der Waals surface area contributed by atoms with E-state index in [2.05, 4.69) is 5.32 Å². The third kappa shape index (κ3) is 3.45. The van der Waals surface area contributed by atoms with Gasteiger partial charge in [0.2, 0.25) is 5.91 Å². The summed E-state index contributed by atoms with van der Waals surface area (Å²) < 4.78 is 10.8. The Kier molecular flexibility index (Phi) is 4.76. The Morgan fingerprint density at radius 1 is 1.47 bits per heavy atom. The Morgan fingerprint density at radius 2 is 2.26 bits per heavy atom. The van der Waals surface area contributed by atoms with Gasteiger partial charge in [-0.15, -0.1) is 0 Å². The van der Waals surface area contributed by atoms with Gasteiger partial charge in [-0.1, -0.05) is 18.2 Å². The zero-order chi connectivity index (χ0) is 13.7. The standard InChI is InChI=1S/C14H20N2O3/c1-18-12-5-3-2-4-10(12)9-16-14(17)13-7-6-11(8-15)19-13/h2-5,11,13H,6-9,15H2,1H3,(H,16,17). The van der Waals surface area contributed by atoms with Crippen LogP contribution in [-0.2, 0) is 16.1 Å². The highest BCUT2D eigenvalue weighted by atomic mass is 16.5. The van der Waals surface area contributed by atoms with Crippen molar-refractivity contribution in [3.8, 4) is 5.75 Å². The van der Waals surface area contributed by atoms with Gasteiger partial charge in [-0.3, -0.25) is 4.79 Å². The second-order valence-corrected chi connectivity index (χ2v) is 4.59. The molecule has 3 N–H and O–H groups in total. The van der Waals surface area contributed by atoms with Crippen LogP contribution in [0.2, 0.25) is 0 Å². The zero-order valence-corrected chi connectivity index (χ0v) is 11.1. The third-order valence-corrected chi connectivity index (χ3v) is 3.31. The number of methoxy groups -OCH3 is 1. The van der Waals surface area contributed by atoms with Crippen LogP contribution < -0.4 is 15.8 Å². The maximum atomic E-state index is 12.0. The van der Waals surface area contributed by atoms with Gasteiger partial charge >= 0.3 is 0 Å². The van der Waals surface area contributed by atoms with Gasteiger partial charge in [-0.05, 0) is 18.9 Å². The lowest BCUT2D eigenvalue weighted by atomic mass is 10.1. The fourth-order valence-electron chi connectivity index (χ4n) is 2.22. The predicted octanol–water partition coefficient (Wildman–Crippen LogP) is 0.818. The number of rotatable bonds is 5. The van der Waals surface area contributed by atoms with Crippen molar-refractivity contribution in [2.75, 3.05) is 13.7 Å². The van der Waals surface area contributed by atoms with Gasteiger partial charge < -0.3 is 20.5 Å². The molecule has 0 aliphatic carbocycles. The van der Waals surface area contributed by atoms with E-state index in [1.54, 1.807) is 7.11 Å². The van der Waals surface area contributed by atoms with E-state index < -0.39 is 0 Å². The molecule has 0 spiro atoms. The van der Waals surface area contributed by atoms with Crippen LogP contribution in [0.15, 0.2) is 24.3 Å². The monoisotopic (exact) mass is 264 g/mol. The molecule has 1 aliphatic heterocycles. The van der Waals surface area contributed by atoms with E-state index in [-0.39, 0.29) is 18.1 Å². The lowest BCUT2D eigenvalue weighted by molar-refractivity contribution is -0.132. The Hall–Kier alpha value is -1.59. The fraction of sp³-hybridized carbons (Fsp3) is 0.500. The number of carbonyl (C=O) groups excluding carboxylic acids is 1. The van der Waals surface area contributed by atoms with Crippen molar-refractivity contribution >= 4 is 5.91 Å². The summed E-state index contributed by atoms with van der Waals surface area (Å²) in [7, 11) is 1.62. The van der Waals surface area contributed by atoms with Crippen LogP contribution in [0.4, 0.5) is 0 Å². The maximum absolute atomic E-state index is 12.0. The molecular formula is C14H20N2O3. The van der Waals surface area contributed by atoms with Crippen LogP contribution >= 0.6 is 0 Å². The fourth-order valence-corrected chi connectivity index (χ4v) is 2.22. The van der Waals surface area contributed by atoms with Gasteiger partial charge in [-0.2, -0.15) is 0 Å². The van der Waals surface area contributed by atoms with Crippen LogP contribution in [0.3, 0.4) is 0 Å². The summed E-state index contributed by atoms with van der Waals surface area (Å²) in [4.78, 5) is 12.0. The molecular weight excluding hydrogens is 244 g/mol. The molecule has 5 nitrogen and oxygen atoms in total. The van der Waals surface area contributed by atoms with E-state index in [9.17, 15) is 4.79 Å². The number of hydrogen-bond donors (Lipinski definition) is 2. The number of carbonyl (C=O) groups is 1. The van der Waals surface area contributed by atoms with Gasteiger partial charge in [0.25, 0.3) is 0 Å². The van der Waals surface area contributed by atoms with Crippen molar-refractivity contribution in [2.45, 2.75) is 31.6 Å². The van der Waals surface area contributed by atoms with Gasteiger partial charge in [0, 0.05) is 18.7 Å². The lowest BCUT2D eigenvalue weighted by Crippen LogP contribution is -2.35. The smallest absolute Gasteiger partial charge is 0.249 e. The highest BCUT2D eigenvalue weighted by Crippen LogP contribution is 2.20. The minimum absolute atomic E-state index is 0.0158. The molecule has 1 aromatic carbocycles. The van der Waals surface area contributed by atoms with E-state index >= 15 is 0 Å². The average Bonchev–Trinajstić information content (AvgIpc) is 2.94. The van der Waals surface area contributed by atoms with E-state index in [1.807, 2.05) is 24.3 Å². The molecule has 0 bridgehead atoms. The number of benzene rings is 1. The second-order valence-electron chi connectivity index (χ2n) is 4.59. The van der Waals surface area contributed by atoms with Crippen LogP contribution in [0.25, 0.3) is 0 Å². The Morgan fingerprint density at radius 3 is 2.95 bits per heavy atom. The molecule has 1 fully saturated rings. The molecule has 1 heterocycles. The topological polar surface area (TPSA) is 73.6 Å².